The Kier molecular flexibility index (Phi) is 7.54. The van der Waals surface area contributed by atoms with Gasteiger partial charge in [0.2, 0.25) is 0 Å². The Morgan fingerprint density at radius 1 is 1.18 bits per heavy atom. The minimum atomic E-state index is -0.883. The molecule has 0 fully saturated rings. The second-order valence-electron chi connectivity index (χ2n) is 4.35. The van der Waals surface area contributed by atoms with Crippen LogP contribution in [0.4, 0.5) is 0 Å². The maximum atomic E-state index is 11.1. The summed E-state index contributed by atoms with van der Waals surface area (Å²) >= 11 is 0. The van der Waals surface area contributed by atoms with E-state index in [2.05, 4.69) is 0 Å². The molecule has 0 aromatic carbocycles. The Morgan fingerprint density at radius 2 is 1.76 bits per heavy atom. The number of carbonyl (C=O) groups is 2. The summed E-state index contributed by atoms with van der Waals surface area (Å²) in [6.45, 7) is 6.37. The van der Waals surface area contributed by atoms with Crippen LogP contribution in [-0.4, -0.2) is 46.2 Å². The van der Waals surface area contributed by atoms with E-state index in [4.69, 9.17) is 10.2 Å². The Bertz CT molecular complexity index is 255. The van der Waals surface area contributed by atoms with E-state index in [9.17, 15) is 9.59 Å². The molecule has 0 amide bonds. The van der Waals surface area contributed by atoms with E-state index in [0.717, 1.165) is 12.8 Å². The zero-order valence-corrected chi connectivity index (χ0v) is 10.8. The lowest BCUT2D eigenvalue weighted by molar-refractivity contribution is -0.147. The molecule has 0 aliphatic heterocycles. The molecule has 2 unspecified atom stereocenters. The Balaban J connectivity index is 4.60. The average Bonchev–Trinajstić information content (AvgIpc) is 2.25. The largest absolute Gasteiger partial charge is 0.481 e. The van der Waals surface area contributed by atoms with Crippen molar-refractivity contribution in [2.45, 2.75) is 46.1 Å². The summed E-state index contributed by atoms with van der Waals surface area (Å²) < 4.78 is 0. The molecule has 0 aliphatic carbocycles. The molecular weight excluding hydrogens is 222 g/mol. The highest BCUT2D eigenvalue weighted by atomic mass is 16.4. The van der Waals surface area contributed by atoms with E-state index < -0.39 is 23.9 Å². The van der Waals surface area contributed by atoms with Crippen LogP contribution in [0.25, 0.3) is 0 Å². The zero-order valence-electron chi connectivity index (χ0n) is 10.8. The van der Waals surface area contributed by atoms with E-state index in [1.165, 1.54) is 0 Å². The lowest BCUT2D eigenvalue weighted by Crippen LogP contribution is -2.44. The Hall–Kier alpha value is -1.10. The number of rotatable bonds is 9. The third-order valence-electron chi connectivity index (χ3n) is 2.84. The van der Waals surface area contributed by atoms with Gasteiger partial charge < -0.3 is 10.2 Å². The number of hydrogen-bond acceptors (Lipinski definition) is 3. The maximum Gasteiger partial charge on any atom is 0.320 e. The van der Waals surface area contributed by atoms with E-state index >= 15 is 0 Å². The number of hydrogen-bond donors (Lipinski definition) is 2. The molecule has 0 heterocycles. The van der Waals surface area contributed by atoms with Gasteiger partial charge in [-0.2, -0.15) is 0 Å². The van der Waals surface area contributed by atoms with Crippen molar-refractivity contribution >= 4 is 11.9 Å². The van der Waals surface area contributed by atoms with Crippen molar-refractivity contribution in [3.63, 3.8) is 0 Å². The van der Waals surface area contributed by atoms with Crippen molar-refractivity contribution in [3.05, 3.63) is 0 Å². The van der Waals surface area contributed by atoms with Gasteiger partial charge in [0.1, 0.15) is 6.04 Å². The van der Waals surface area contributed by atoms with Crippen molar-refractivity contribution in [2.24, 2.45) is 5.92 Å². The van der Waals surface area contributed by atoms with Gasteiger partial charge in [-0.05, 0) is 19.4 Å². The first-order valence-electron chi connectivity index (χ1n) is 6.13. The molecule has 5 nitrogen and oxygen atoms in total. The van der Waals surface area contributed by atoms with E-state index in [1.807, 2.05) is 13.8 Å². The third-order valence-corrected chi connectivity index (χ3v) is 2.84. The first kappa shape index (κ1) is 15.9. The quantitative estimate of drug-likeness (QED) is 0.646. The second-order valence-corrected chi connectivity index (χ2v) is 4.35. The predicted octanol–water partition coefficient (Wildman–Crippen LogP) is 1.67. The molecule has 0 bridgehead atoms. The Morgan fingerprint density at radius 3 is 2.12 bits per heavy atom. The summed E-state index contributed by atoms with van der Waals surface area (Å²) in [5.74, 6) is -2.30. The van der Waals surface area contributed by atoms with E-state index in [0.29, 0.717) is 19.5 Å². The molecule has 2 atom stereocenters. The molecule has 0 aromatic rings. The summed E-state index contributed by atoms with van der Waals surface area (Å²) in [6, 6.07) is -0.580. The van der Waals surface area contributed by atoms with Crippen LogP contribution >= 0.6 is 0 Å². The van der Waals surface area contributed by atoms with Crippen LogP contribution in [0.15, 0.2) is 0 Å². The normalized spacial score (nSPS) is 14.6. The van der Waals surface area contributed by atoms with Gasteiger partial charge in [0, 0.05) is 6.54 Å². The number of unbranched alkanes of at least 4 members (excludes halogenated alkanes) is 1. The molecular formula is C12H23NO4. The van der Waals surface area contributed by atoms with Gasteiger partial charge in [0.05, 0.1) is 5.92 Å². The van der Waals surface area contributed by atoms with Gasteiger partial charge in [0.15, 0.2) is 0 Å². The van der Waals surface area contributed by atoms with Gasteiger partial charge in [-0.15, -0.1) is 0 Å². The standard InChI is InChI=1S/C12H23NO4/c1-4-6-7-13(8-9(3)11(14)15)10(5-2)12(16)17/h9-10H,4-8H2,1-3H3,(H,14,15)(H,16,17). The molecule has 0 saturated heterocycles. The van der Waals surface area contributed by atoms with Crippen LogP contribution in [-0.2, 0) is 9.59 Å². The highest BCUT2D eigenvalue weighted by Gasteiger charge is 2.26. The SMILES string of the molecule is CCCCN(CC(C)C(=O)O)C(CC)C(=O)O. The molecule has 0 spiro atoms. The summed E-state index contributed by atoms with van der Waals surface area (Å²) in [6.07, 6.45) is 2.34. The smallest absolute Gasteiger partial charge is 0.320 e. The lowest BCUT2D eigenvalue weighted by atomic mass is 10.1. The van der Waals surface area contributed by atoms with E-state index in [-0.39, 0.29) is 0 Å². The average molecular weight is 245 g/mol. The van der Waals surface area contributed by atoms with Crippen molar-refractivity contribution in [1.82, 2.24) is 4.90 Å². The molecule has 2 N–H and O–H groups in total. The maximum absolute atomic E-state index is 11.1. The second kappa shape index (κ2) is 8.06. The van der Waals surface area contributed by atoms with Crippen molar-refractivity contribution in [3.8, 4) is 0 Å². The summed E-state index contributed by atoms with van der Waals surface area (Å²) in [5, 5.41) is 18.0. The minimum absolute atomic E-state index is 0.292. The summed E-state index contributed by atoms with van der Waals surface area (Å²) in [5.41, 5.74) is 0. The molecule has 0 saturated carbocycles. The molecule has 0 rings (SSSR count). The predicted molar refractivity (Wildman–Crippen MR) is 65.0 cm³/mol. The summed E-state index contributed by atoms with van der Waals surface area (Å²) in [4.78, 5) is 23.7. The van der Waals surface area contributed by atoms with Crippen LogP contribution < -0.4 is 0 Å². The van der Waals surface area contributed by atoms with Gasteiger partial charge in [0.25, 0.3) is 0 Å². The fourth-order valence-corrected chi connectivity index (χ4v) is 1.75. The molecule has 17 heavy (non-hydrogen) atoms. The Labute approximate surface area is 102 Å². The van der Waals surface area contributed by atoms with Crippen LogP contribution in [0.2, 0.25) is 0 Å². The summed E-state index contributed by atoms with van der Waals surface area (Å²) in [7, 11) is 0. The van der Waals surface area contributed by atoms with Crippen LogP contribution in [0.3, 0.4) is 0 Å². The van der Waals surface area contributed by atoms with E-state index in [1.54, 1.807) is 11.8 Å². The third kappa shape index (κ3) is 5.68. The van der Waals surface area contributed by atoms with Gasteiger partial charge in [-0.1, -0.05) is 27.2 Å². The zero-order chi connectivity index (χ0) is 13.4. The number of nitrogens with zero attached hydrogens (tertiary/aromatic N) is 1. The fourth-order valence-electron chi connectivity index (χ4n) is 1.75. The number of aliphatic carboxylic acids is 2. The molecule has 0 radical (unpaired) electrons. The van der Waals surface area contributed by atoms with Crippen molar-refractivity contribution < 1.29 is 19.8 Å². The van der Waals surface area contributed by atoms with Gasteiger partial charge in [-0.25, -0.2) is 0 Å². The highest BCUT2D eigenvalue weighted by molar-refractivity contribution is 5.74. The molecule has 0 aliphatic rings. The number of carboxylic acids is 2. The fraction of sp³-hybridized carbons (Fsp3) is 0.833. The van der Waals surface area contributed by atoms with Gasteiger partial charge in [-0.3, -0.25) is 14.5 Å². The number of carboxylic acid groups (broad SMARTS) is 2. The minimum Gasteiger partial charge on any atom is -0.481 e. The topological polar surface area (TPSA) is 77.8 Å². The molecule has 0 aromatic heterocycles. The van der Waals surface area contributed by atoms with Crippen LogP contribution in [0, 0.1) is 5.92 Å². The molecule has 5 heteroatoms. The highest BCUT2D eigenvalue weighted by Crippen LogP contribution is 2.10. The first-order chi connectivity index (χ1) is 7.93. The van der Waals surface area contributed by atoms with Crippen LogP contribution in [0.5, 0.6) is 0 Å². The molecule has 100 valence electrons. The first-order valence-corrected chi connectivity index (χ1v) is 6.13. The van der Waals surface area contributed by atoms with Crippen molar-refractivity contribution in [1.29, 1.82) is 0 Å². The lowest BCUT2D eigenvalue weighted by Gasteiger charge is -2.29. The van der Waals surface area contributed by atoms with Gasteiger partial charge >= 0.3 is 11.9 Å². The van der Waals surface area contributed by atoms with Crippen LogP contribution in [0.1, 0.15) is 40.0 Å². The van der Waals surface area contributed by atoms with Crippen molar-refractivity contribution in [2.75, 3.05) is 13.1 Å². The monoisotopic (exact) mass is 245 g/mol.